The molecule has 0 atom stereocenters. The van der Waals surface area contributed by atoms with E-state index in [1.807, 2.05) is 0 Å². The van der Waals surface area contributed by atoms with Gasteiger partial charge in [0.15, 0.2) is 11.6 Å². The van der Waals surface area contributed by atoms with Crippen molar-refractivity contribution in [2.45, 2.75) is 6.18 Å². The SMILES string of the molecule is N#Cc1ccc(-n2c3ccccc3c3cc4c5ccccc5n(-c5c(F)cc(F)cc5F)c4cc32)c(C(F)(F)F)c1. The molecule has 0 aliphatic heterocycles. The van der Waals surface area contributed by atoms with E-state index in [1.54, 1.807) is 66.7 Å². The van der Waals surface area contributed by atoms with Crippen LogP contribution in [0.4, 0.5) is 26.3 Å². The Morgan fingerprint density at radius 1 is 0.585 bits per heavy atom. The van der Waals surface area contributed by atoms with Crippen LogP contribution in [0.1, 0.15) is 11.1 Å². The smallest absolute Gasteiger partial charge is 0.309 e. The van der Waals surface area contributed by atoms with Crippen LogP contribution in [0.15, 0.2) is 91.0 Å². The first kappa shape index (κ1) is 24.8. The monoisotopic (exact) mass is 555 g/mol. The second kappa shape index (κ2) is 8.63. The maximum Gasteiger partial charge on any atom is 0.418 e. The molecule has 0 aliphatic carbocycles. The van der Waals surface area contributed by atoms with E-state index >= 15 is 8.78 Å². The minimum absolute atomic E-state index is 0.147. The van der Waals surface area contributed by atoms with Crippen molar-refractivity contribution >= 4 is 43.6 Å². The Morgan fingerprint density at radius 3 is 1.73 bits per heavy atom. The van der Waals surface area contributed by atoms with Crippen molar-refractivity contribution in [3.63, 3.8) is 0 Å². The summed E-state index contributed by atoms with van der Waals surface area (Å²) >= 11 is 0. The molecule has 0 saturated heterocycles. The lowest BCUT2D eigenvalue weighted by molar-refractivity contribution is -0.137. The summed E-state index contributed by atoms with van der Waals surface area (Å²) in [6.45, 7) is 0. The zero-order valence-corrected chi connectivity index (χ0v) is 20.8. The standard InChI is InChI=1S/C32H15F6N3/c33-18-12-24(34)31(25(35)13-18)41-27-8-4-2-6-20(27)22-14-21-19-5-1-3-7-26(19)40(29(21)15-30(22)41)28-10-9-17(16-39)11-23(28)32(36,37)38/h1-15H. The van der Waals surface area contributed by atoms with Crippen molar-refractivity contribution < 1.29 is 26.3 Å². The van der Waals surface area contributed by atoms with Gasteiger partial charge < -0.3 is 9.13 Å². The fraction of sp³-hybridized carbons (Fsp3) is 0.0312. The minimum atomic E-state index is -4.78. The van der Waals surface area contributed by atoms with Crippen molar-refractivity contribution in [1.29, 1.82) is 5.26 Å². The summed E-state index contributed by atoms with van der Waals surface area (Å²) in [5.74, 6) is -3.33. The number of nitriles is 1. The van der Waals surface area contributed by atoms with Crippen molar-refractivity contribution in [2.75, 3.05) is 0 Å². The van der Waals surface area contributed by atoms with E-state index in [2.05, 4.69) is 0 Å². The predicted molar refractivity (Wildman–Crippen MR) is 145 cm³/mol. The highest BCUT2D eigenvalue weighted by atomic mass is 19.4. The third-order valence-electron chi connectivity index (χ3n) is 7.34. The molecule has 0 fully saturated rings. The highest BCUT2D eigenvalue weighted by molar-refractivity contribution is 6.19. The van der Waals surface area contributed by atoms with Gasteiger partial charge in [0.2, 0.25) is 0 Å². The molecule has 9 heteroatoms. The van der Waals surface area contributed by atoms with Crippen LogP contribution in [0.25, 0.3) is 55.0 Å². The molecule has 0 radical (unpaired) electrons. The molecule has 200 valence electrons. The van der Waals surface area contributed by atoms with E-state index in [0.717, 1.165) is 6.07 Å². The van der Waals surface area contributed by atoms with Crippen molar-refractivity contribution in [3.8, 4) is 17.4 Å². The van der Waals surface area contributed by atoms with Gasteiger partial charge in [-0.05, 0) is 42.5 Å². The fourth-order valence-electron chi connectivity index (χ4n) is 5.71. The van der Waals surface area contributed by atoms with Crippen LogP contribution in [0.3, 0.4) is 0 Å². The maximum atomic E-state index is 15.2. The number of fused-ring (bicyclic) bond motifs is 6. The molecule has 2 heterocycles. The van der Waals surface area contributed by atoms with E-state index in [4.69, 9.17) is 0 Å². The van der Waals surface area contributed by atoms with E-state index in [9.17, 15) is 22.8 Å². The topological polar surface area (TPSA) is 33.6 Å². The van der Waals surface area contributed by atoms with E-state index < -0.39 is 34.9 Å². The summed E-state index contributed by atoms with van der Waals surface area (Å²) in [5, 5.41) is 11.8. The summed E-state index contributed by atoms with van der Waals surface area (Å²) in [4.78, 5) is 0. The Balaban J connectivity index is 1.69. The number of aromatic nitrogens is 2. The predicted octanol–water partition coefficient (Wildman–Crippen LogP) is 9.19. The van der Waals surface area contributed by atoms with Crippen LogP contribution in [0.2, 0.25) is 0 Å². The summed E-state index contributed by atoms with van der Waals surface area (Å²) in [6.07, 6.45) is -4.78. The van der Waals surface area contributed by atoms with Crippen molar-refractivity contribution in [3.05, 3.63) is 120 Å². The minimum Gasteiger partial charge on any atom is -0.309 e. The molecule has 41 heavy (non-hydrogen) atoms. The van der Waals surface area contributed by atoms with Gasteiger partial charge in [0.25, 0.3) is 0 Å². The number of para-hydroxylation sites is 2. The van der Waals surface area contributed by atoms with Gasteiger partial charge in [0.05, 0.1) is 45.0 Å². The molecule has 0 N–H and O–H groups in total. The zero-order chi connectivity index (χ0) is 28.6. The van der Waals surface area contributed by atoms with Crippen molar-refractivity contribution in [1.82, 2.24) is 9.13 Å². The van der Waals surface area contributed by atoms with Gasteiger partial charge in [-0.15, -0.1) is 0 Å². The molecule has 0 bridgehead atoms. The van der Waals surface area contributed by atoms with Crippen LogP contribution in [-0.2, 0) is 6.18 Å². The second-order valence-electron chi connectivity index (χ2n) is 9.65. The van der Waals surface area contributed by atoms with E-state index in [0.29, 0.717) is 55.7 Å². The molecule has 0 amide bonds. The lowest BCUT2D eigenvalue weighted by Crippen LogP contribution is -2.11. The van der Waals surface area contributed by atoms with Crippen LogP contribution < -0.4 is 0 Å². The van der Waals surface area contributed by atoms with E-state index in [1.165, 1.54) is 21.3 Å². The summed E-state index contributed by atoms with van der Waals surface area (Å²) < 4.78 is 89.8. The lowest BCUT2D eigenvalue weighted by Gasteiger charge is -2.16. The third kappa shape index (κ3) is 3.61. The van der Waals surface area contributed by atoms with Crippen molar-refractivity contribution in [2.24, 2.45) is 0 Å². The van der Waals surface area contributed by atoms with Gasteiger partial charge in [-0.2, -0.15) is 18.4 Å². The Bertz CT molecular complexity index is 2230. The molecule has 7 aromatic rings. The maximum absolute atomic E-state index is 15.2. The summed E-state index contributed by atoms with van der Waals surface area (Å²) in [6, 6.07) is 23.5. The fourth-order valence-corrected chi connectivity index (χ4v) is 5.71. The number of hydrogen-bond donors (Lipinski definition) is 0. The second-order valence-corrected chi connectivity index (χ2v) is 9.65. The summed E-state index contributed by atoms with van der Waals surface area (Å²) in [7, 11) is 0. The molecule has 2 aromatic heterocycles. The molecule has 0 spiro atoms. The first-order chi connectivity index (χ1) is 19.7. The average Bonchev–Trinajstić information content (AvgIpc) is 3.43. The largest absolute Gasteiger partial charge is 0.418 e. The van der Waals surface area contributed by atoms with Crippen LogP contribution >= 0.6 is 0 Å². The highest BCUT2D eigenvalue weighted by Crippen LogP contribution is 2.42. The number of hydrogen-bond acceptors (Lipinski definition) is 1. The molecular weight excluding hydrogens is 540 g/mol. The van der Waals surface area contributed by atoms with Gasteiger partial charge in [-0.1, -0.05) is 36.4 Å². The first-order valence-electron chi connectivity index (χ1n) is 12.4. The molecule has 0 saturated carbocycles. The average molecular weight is 555 g/mol. The Kier molecular flexibility index (Phi) is 5.22. The number of benzene rings is 5. The van der Waals surface area contributed by atoms with Gasteiger partial charge in [0.1, 0.15) is 11.5 Å². The lowest BCUT2D eigenvalue weighted by atomic mass is 10.1. The normalized spacial score (nSPS) is 12.1. The molecule has 3 nitrogen and oxygen atoms in total. The molecular formula is C32H15F6N3. The van der Waals surface area contributed by atoms with Gasteiger partial charge in [0, 0.05) is 33.7 Å². The van der Waals surface area contributed by atoms with Crippen LogP contribution in [0.5, 0.6) is 0 Å². The quantitative estimate of drug-likeness (QED) is 0.196. The zero-order valence-electron chi connectivity index (χ0n) is 20.8. The number of nitrogens with zero attached hydrogens (tertiary/aromatic N) is 3. The molecule has 0 unspecified atom stereocenters. The van der Waals surface area contributed by atoms with Gasteiger partial charge in [-0.3, -0.25) is 0 Å². The van der Waals surface area contributed by atoms with Gasteiger partial charge in [-0.25, -0.2) is 13.2 Å². The first-order valence-corrected chi connectivity index (χ1v) is 12.4. The van der Waals surface area contributed by atoms with Crippen LogP contribution in [-0.4, -0.2) is 9.13 Å². The Morgan fingerprint density at radius 2 is 1.15 bits per heavy atom. The number of alkyl halides is 3. The molecule has 0 aliphatic rings. The highest BCUT2D eigenvalue weighted by Gasteiger charge is 2.35. The Hall–Kier alpha value is -5.23. The Labute approximate surface area is 227 Å². The third-order valence-corrected chi connectivity index (χ3v) is 7.34. The van der Waals surface area contributed by atoms with E-state index in [-0.39, 0.29) is 11.3 Å². The molecule has 7 rings (SSSR count). The number of halogens is 6. The van der Waals surface area contributed by atoms with Crippen LogP contribution in [0, 0.1) is 28.8 Å². The molecule has 5 aromatic carbocycles. The summed E-state index contributed by atoms with van der Waals surface area (Å²) in [5.41, 5.74) is -0.291. The number of rotatable bonds is 2. The van der Waals surface area contributed by atoms with Gasteiger partial charge >= 0.3 is 6.18 Å².